The van der Waals surface area contributed by atoms with Crippen LogP contribution in [0, 0.1) is 6.92 Å². The molecule has 0 saturated heterocycles. The van der Waals surface area contributed by atoms with Crippen LogP contribution in [-0.2, 0) is 15.6 Å². The van der Waals surface area contributed by atoms with Crippen LogP contribution in [0.4, 0.5) is 0 Å². The molecule has 6 nitrogen and oxygen atoms in total. The molecule has 1 aromatic carbocycles. The van der Waals surface area contributed by atoms with Gasteiger partial charge in [0.1, 0.15) is 5.76 Å². The molecule has 24 heavy (non-hydrogen) atoms. The van der Waals surface area contributed by atoms with Gasteiger partial charge < -0.3 is 9.73 Å². The molecule has 0 bridgehead atoms. The molecule has 1 N–H and O–H groups in total. The lowest BCUT2D eigenvalue weighted by Crippen LogP contribution is -2.34. The molecular weight excluding hydrogens is 328 g/mol. The number of aryl methyl sites for hydroxylation is 1. The number of carbonyl (C=O) groups is 1. The zero-order valence-electron chi connectivity index (χ0n) is 13.9. The van der Waals surface area contributed by atoms with Crippen LogP contribution < -0.4 is 5.32 Å². The average Bonchev–Trinajstić information content (AvgIpc) is 3.21. The number of furan rings is 1. The molecule has 0 aliphatic heterocycles. The van der Waals surface area contributed by atoms with Crippen LogP contribution in [0.25, 0.3) is 0 Å². The van der Waals surface area contributed by atoms with Crippen LogP contribution in [0.1, 0.15) is 34.5 Å². The van der Waals surface area contributed by atoms with E-state index in [0.717, 1.165) is 22.7 Å². The summed E-state index contributed by atoms with van der Waals surface area (Å²) < 4.78 is 30.6. The second-order valence-electron chi connectivity index (χ2n) is 6.22. The largest absolute Gasteiger partial charge is 0.448 e. The number of amides is 1. The van der Waals surface area contributed by atoms with Gasteiger partial charge in [0.15, 0.2) is 0 Å². The Hall–Kier alpha value is -2.12. The summed E-state index contributed by atoms with van der Waals surface area (Å²) in [5, 5.41) is 2.80. The van der Waals surface area contributed by atoms with Crippen molar-refractivity contribution in [1.29, 1.82) is 0 Å². The van der Waals surface area contributed by atoms with Crippen molar-refractivity contribution < 1.29 is 17.6 Å². The number of hydrogen-bond donors (Lipinski definition) is 1. The highest BCUT2D eigenvalue weighted by molar-refractivity contribution is 7.88. The van der Waals surface area contributed by atoms with E-state index >= 15 is 0 Å². The van der Waals surface area contributed by atoms with Crippen LogP contribution in [0.15, 0.2) is 45.9 Å². The SMILES string of the molecule is Cc1oc(S(=O)(=O)N(C)C)cc1C(=O)NC1(c2ccccc2)CC1. The van der Waals surface area contributed by atoms with E-state index in [1.54, 1.807) is 6.92 Å². The maximum atomic E-state index is 12.6. The topological polar surface area (TPSA) is 79.6 Å². The maximum Gasteiger partial charge on any atom is 0.275 e. The van der Waals surface area contributed by atoms with E-state index in [4.69, 9.17) is 4.42 Å². The lowest BCUT2D eigenvalue weighted by molar-refractivity contribution is 0.0929. The molecule has 1 aromatic heterocycles. The van der Waals surface area contributed by atoms with Gasteiger partial charge in [0.25, 0.3) is 15.9 Å². The zero-order chi connectivity index (χ0) is 17.5. The van der Waals surface area contributed by atoms with Crippen LogP contribution >= 0.6 is 0 Å². The Morgan fingerprint density at radius 3 is 2.38 bits per heavy atom. The van der Waals surface area contributed by atoms with Gasteiger partial charge in [-0.25, -0.2) is 12.7 Å². The maximum absolute atomic E-state index is 12.6. The van der Waals surface area contributed by atoms with Crippen molar-refractivity contribution in [1.82, 2.24) is 9.62 Å². The highest BCUT2D eigenvalue weighted by Gasteiger charge is 2.46. The van der Waals surface area contributed by atoms with Crippen LogP contribution in [0.5, 0.6) is 0 Å². The third-order valence-corrected chi connectivity index (χ3v) is 5.98. The summed E-state index contributed by atoms with van der Waals surface area (Å²) >= 11 is 0. The summed E-state index contributed by atoms with van der Waals surface area (Å²) in [5.74, 6) is -0.0328. The predicted molar refractivity (Wildman–Crippen MR) is 89.1 cm³/mol. The van der Waals surface area contributed by atoms with Crippen LogP contribution in [-0.4, -0.2) is 32.7 Å². The standard InChI is InChI=1S/C17H20N2O4S/c1-12-14(11-15(23-12)24(21,22)19(2)3)16(20)18-17(9-10-17)13-7-5-4-6-8-13/h4-8,11H,9-10H2,1-3H3,(H,18,20). The minimum Gasteiger partial charge on any atom is -0.448 e. The third kappa shape index (κ3) is 2.85. The molecule has 0 spiro atoms. The second-order valence-corrected chi connectivity index (χ2v) is 8.31. The molecule has 1 amide bonds. The molecule has 0 unspecified atom stereocenters. The molecule has 1 aliphatic rings. The van der Waals surface area contributed by atoms with Gasteiger partial charge in [0.05, 0.1) is 11.1 Å². The molecule has 0 radical (unpaired) electrons. The first-order chi connectivity index (χ1) is 11.3. The number of hydrogen-bond acceptors (Lipinski definition) is 4. The van der Waals surface area contributed by atoms with E-state index in [0.29, 0.717) is 0 Å². The van der Waals surface area contributed by atoms with Crippen LogP contribution in [0.2, 0.25) is 0 Å². The Labute approximate surface area is 141 Å². The molecule has 3 rings (SSSR count). The predicted octanol–water partition coefficient (Wildman–Crippen LogP) is 2.26. The minimum absolute atomic E-state index is 0.222. The first-order valence-electron chi connectivity index (χ1n) is 7.67. The fourth-order valence-corrected chi connectivity index (χ4v) is 3.50. The summed E-state index contributed by atoms with van der Waals surface area (Å²) in [6.07, 6.45) is 1.73. The molecule has 1 aliphatic carbocycles. The van der Waals surface area contributed by atoms with E-state index in [-0.39, 0.29) is 27.9 Å². The zero-order valence-corrected chi connectivity index (χ0v) is 14.7. The summed E-state index contributed by atoms with van der Waals surface area (Å²) in [6.45, 7) is 1.59. The number of benzene rings is 1. The van der Waals surface area contributed by atoms with Gasteiger partial charge in [-0.3, -0.25) is 4.79 Å². The first-order valence-corrected chi connectivity index (χ1v) is 9.11. The van der Waals surface area contributed by atoms with Crippen molar-refractivity contribution in [3.63, 3.8) is 0 Å². The van der Waals surface area contributed by atoms with Crippen molar-refractivity contribution in [2.24, 2.45) is 0 Å². The molecular formula is C17H20N2O4S. The molecule has 2 aromatic rings. The fraction of sp³-hybridized carbons (Fsp3) is 0.353. The fourth-order valence-electron chi connectivity index (χ4n) is 2.64. The number of sulfonamides is 1. The molecule has 1 saturated carbocycles. The molecule has 128 valence electrons. The van der Waals surface area contributed by atoms with Gasteiger partial charge >= 0.3 is 0 Å². The first kappa shape index (κ1) is 16.7. The van der Waals surface area contributed by atoms with E-state index in [1.807, 2.05) is 30.3 Å². The van der Waals surface area contributed by atoms with Crippen LogP contribution in [0.3, 0.4) is 0 Å². The van der Waals surface area contributed by atoms with Crippen molar-refractivity contribution in [2.45, 2.75) is 30.4 Å². The number of rotatable bonds is 5. The monoisotopic (exact) mass is 348 g/mol. The van der Waals surface area contributed by atoms with Gasteiger partial charge in [-0.05, 0) is 25.3 Å². The van der Waals surface area contributed by atoms with Crippen molar-refractivity contribution in [3.05, 3.63) is 53.3 Å². The second kappa shape index (κ2) is 5.75. The lowest BCUT2D eigenvalue weighted by atomic mass is 10.0. The van der Waals surface area contributed by atoms with Gasteiger partial charge in [-0.1, -0.05) is 30.3 Å². The minimum atomic E-state index is -3.71. The molecule has 1 fully saturated rings. The molecule has 0 atom stereocenters. The Balaban J connectivity index is 1.86. The van der Waals surface area contributed by atoms with Gasteiger partial charge in [-0.2, -0.15) is 0 Å². The van der Waals surface area contributed by atoms with Crippen molar-refractivity contribution in [3.8, 4) is 0 Å². The Kier molecular flexibility index (Phi) is 4.01. The van der Waals surface area contributed by atoms with E-state index in [9.17, 15) is 13.2 Å². The van der Waals surface area contributed by atoms with Gasteiger partial charge in [0.2, 0.25) is 5.09 Å². The Bertz CT molecular complexity index is 865. The smallest absolute Gasteiger partial charge is 0.275 e. The molecule has 7 heteroatoms. The van der Waals surface area contributed by atoms with Gasteiger partial charge in [-0.15, -0.1) is 0 Å². The molecule has 1 heterocycles. The highest BCUT2D eigenvalue weighted by Crippen LogP contribution is 2.45. The normalized spacial score (nSPS) is 16.2. The summed E-state index contributed by atoms with van der Waals surface area (Å²) in [5.41, 5.74) is 0.945. The summed E-state index contributed by atoms with van der Waals surface area (Å²) in [7, 11) is -0.869. The van der Waals surface area contributed by atoms with Crippen molar-refractivity contribution in [2.75, 3.05) is 14.1 Å². The average molecular weight is 348 g/mol. The van der Waals surface area contributed by atoms with Gasteiger partial charge in [0, 0.05) is 20.2 Å². The Morgan fingerprint density at radius 2 is 1.83 bits per heavy atom. The lowest BCUT2D eigenvalue weighted by Gasteiger charge is -2.17. The Morgan fingerprint density at radius 1 is 1.21 bits per heavy atom. The summed E-state index contributed by atoms with van der Waals surface area (Å²) in [4.78, 5) is 12.6. The summed E-state index contributed by atoms with van der Waals surface area (Å²) in [6, 6.07) is 11.1. The van der Waals surface area contributed by atoms with E-state index < -0.39 is 10.0 Å². The number of carbonyl (C=O) groups excluding carboxylic acids is 1. The number of nitrogens with one attached hydrogen (secondary N) is 1. The van der Waals surface area contributed by atoms with Crippen molar-refractivity contribution >= 4 is 15.9 Å². The number of nitrogens with zero attached hydrogens (tertiary/aromatic N) is 1. The third-order valence-electron chi connectivity index (χ3n) is 4.30. The van der Waals surface area contributed by atoms with E-state index in [1.165, 1.54) is 20.2 Å². The quantitative estimate of drug-likeness (QED) is 0.899. The van der Waals surface area contributed by atoms with E-state index in [2.05, 4.69) is 5.32 Å². The highest BCUT2D eigenvalue weighted by atomic mass is 32.2.